The number of carbonyl (C=O) groups is 1. The number of nitrogens with zero attached hydrogens (tertiary/aromatic N) is 4. The lowest BCUT2D eigenvalue weighted by atomic mass is 10.2. The summed E-state index contributed by atoms with van der Waals surface area (Å²) in [5.41, 5.74) is 1.86. The zero-order valence-corrected chi connectivity index (χ0v) is 13.6. The van der Waals surface area contributed by atoms with E-state index in [9.17, 15) is 4.79 Å². The smallest absolute Gasteiger partial charge is 0.224 e. The van der Waals surface area contributed by atoms with Gasteiger partial charge in [-0.25, -0.2) is 0 Å². The van der Waals surface area contributed by atoms with E-state index in [0.29, 0.717) is 19.5 Å². The Bertz CT molecular complexity index is 816. The maximum absolute atomic E-state index is 12.3. The van der Waals surface area contributed by atoms with Crippen LogP contribution in [-0.2, 0) is 17.9 Å². The number of hydrogen-bond acceptors (Lipinski definition) is 3. The first-order chi connectivity index (χ1) is 11.1. The number of halogens is 1. The quantitative estimate of drug-likeness (QED) is 0.723. The molecule has 0 aliphatic carbocycles. The molecule has 23 heavy (non-hydrogen) atoms. The first-order valence-electron chi connectivity index (χ1n) is 7.37. The highest BCUT2D eigenvalue weighted by Gasteiger charge is 2.11. The van der Waals surface area contributed by atoms with E-state index in [1.807, 2.05) is 30.5 Å². The highest BCUT2D eigenvalue weighted by Crippen LogP contribution is 2.20. The van der Waals surface area contributed by atoms with Crippen molar-refractivity contribution in [3.05, 3.63) is 59.8 Å². The van der Waals surface area contributed by atoms with Crippen molar-refractivity contribution in [2.75, 3.05) is 7.05 Å². The van der Waals surface area contributed by atoms with Crippen LogP contribution in [0.3, 0.4) is 0 Å². The fourth-order valence-corrected chi connectivity index (χ4v) is 2.70. The number of amides is 1. The molecule has 118 valence electrons. The summed E-state index contributed by atoms with van der Waals surface area (Å²) in [5.74, 6) is 0.0754. The van der Waals surface area contributed by atoms with Gasteiger partial charge in [0, 0.05) is 54.5 Å². The fourth-order valence-electron chi connectivity index (χ4n) is 2.52. The summed E-state index contributed by atoms with van der Waals surface area (Å²) >= 11 is 5.99. The van der Waals surface area contributed by atoms with Crippen LogP contribution in [0.2, 0.25) is 5.02 Å². The van der Waals surface area contributed by atoms with Crippen LogP contribution in [0.5, 0.6) is 0 Å². The minimum absolute atomic E-state index is 0.0754. The first kappa shape index (κ1) is 15.5. The lowest BCUT2D eigenvalue weighted by Crippen LogP contribution is -2.27. The van der Waals surface area contributed by atoms with Gasteiger partial charge in [-0.3, -0.25) is 14.8 Å². The molecule has 1 amide bonds. The topological polar surface area (TPSA) is 51.0 Å². The molecule has 1 aromatic carbocycles. The van der Waals surface area contributed by atoms with Crippen LogP contribution < -0.4 is 0 Å². The summed E-state index contributed by atoms with van der Waals surface area (Å²) in [6, 6.07) is 7.78. The van der Waals surface area contributed by atoms with Gasteiger partial charge in [0.15, 0.2) is 0 Å². The third kappa shape index (κ3) is 3.68. The Morgan fingerprint density at radius 1 is 1.30 bits per heavy atom. The highest BCUT2D eigenvalue weighted by molar-refractivity contribution is 6.31. The van der Waals surface area contributed by atoms with Crippen molar-refractivity contribution >= 4 is 28.4 Å². The van der Waals surface area contributed by atoms with Crippen LogP contribution in [0.4, 0.5) is 0 Å². The standard InChI is InChI=1S/C17H17ClN4O/c1-21(12-15-11-19-6-7-20-15)17(23)5-9-22-8-4-13-10-14(18)2-3-16(13)22/h2-4,6-8,10-11H,5,9,12H2,1H3. The average molecular weight is 329 g/mol. The normalized spacial score (nSPS) is 10.9. The SMILES string of the molecule is CN(Cc1cnccn1)C(=O)CCn1ccc2cc(Cl)ccc21. The zero-order chi connectivity index (χ0) is 16.2. The molecule has 0 saturated carbocycles. The molecule has 0 atom stereocenters. The van der Waals surface area contributed by atoms with Crippen molar-refractivity contribution in [3.63, 3.8) is 0 Å². The number of benzene rings is 1. The number of aryl methyl sites for hydroxylation is 1. The van der Waals surface area contributed by atoms with E-state index in [2.05, 4.69) is 14.5 Å². The van der Waals surface area contributed by atoms with Crippen LogP contribution in [0.25, 0.3) is 10.9 Å². The molecule has 2 heterocycles. The van der Waals surface area contributed by atoms with Crippen LogP contribution in [0, 0.1) is 0 Å². The van der Waals surface area contributed by atoms with Crippen molar-refractivity contribution in [2.45, 2.75) is 19.5 Å². The largest absolute Gasteiger partial charge is 0.347 e. The van der Waals surface area contributed by atoms with Gasteiger partial charge in [-0.05, 0) is 24.3 Å². The molecule has 0 bridgehead atoms. The molecule has 0 unspecified atom stereocenters. The summed E-state index contributed by atoms with van der Waals surface area (Å²) in [6.45, 7) is 1.10. The molecule has 0 aliphatic rings. The number of carbonyl (C=O) groups excluding carboxylic acids is 1. The van der Waals surface area contributed by atoms with E-state index in [1.165, 1.54) is 0 Å². The van der Waals surface area contributed by atoms with Crippen LogP contribution in [0.1, 0.15) is 12.1 Å². The second-order valence-corrected chi connectivity index (χ2v) is 5.85. The van der Waals surface area contributed by atoms with E-state index < -0.39 is 0 Å². The first-order valence-corrected chi connectivity index (χ1v) is 7.74. The lowest BCUT2D eigenvalue weighted by Gasteiger charge is -2.16. The number of aromatic nitrogens is 3. The average Bonchev–Trinajstić information content (AvgIpc) is 2.95. The molecule has 0 saturated heterocycles. The monoisotopic (exact) mass is 328 g/mol. The Labute approximate surface area is 139 Å². The van der Waals surface area contributed by atoms with Gasteiger partial charge in [0.1, 0.15) is 0 Å². The van der Waals surface area contributed by atoms with E-state index in [4.69, 9.17) is 11.6 Å². The molecule has 3 aromatic rings. The van der Waals surface area contributed by atoms with E-state index in [-0.39, 0.29) is 5.91 Å². The number of fused-ring (bicyclic) bond motifs is 1. The molecule has 2 aromatic heterocycles. The Kier molecular flexibility index (Phi) is 4.57. The van der Waals surface area contributed by atoms with Gasteiger partial charge in [-0.1, -0.05) is 11.6 Å². The molecule has 0 radical (unpaired) electrons. The van der Waals surface area contributed by atoms with Crippen molar-refractivity contribution in [1.29, 1.82) is 0 Å². The Balaban J connectivity index is 1.61. The van der Waals surface area contributed by atoms with Crippen molar-refractivity contribution in [1.82, 2.24) is 19.4 Å². The molecule has 0 spiro atoms. The minimum atomic E-state index is 0.0754. The third-order valence-corrected chi connectivity index (χ3v) is 3.98. The van der Waals surface area contributed by atoms with Crippen LogP contribution in [0.15, 0.2) is 49.1 Å². The van der Waals surface area contributed by atoms with Crippen LogP contribution in [-0.4, -0.2) is 32.4 Å². The van der Waals surface area contributed by atoms with Gasteiger partial charge in [0.05, 0.1) is 18.4 Å². The second kappa shape index (κ2) is 6.79. The van der Waals surface area contributed by atoms with E-state index in [0.717, 1.165) is 21.6 Å². The predicted molar refractivity (Wildman–Crippen MR) is 90.1 cm³/mol. The third-order valence-electron chi connectivity index (χ3n) is 3.74. The maximum atomic E-state index is 12.3. The van der Waals surface area contributed by atoms with Crippen molar-refractivity contribution in [2.24, 2.45) is 0 Å². The minimum Gasteiger partial charge on any atom is -0.347 e. The molecule has 5 nitrogen and oxygen atoms in total. The molecule has 0 aliphatic heterocycles. The van der Waals surface area contributed by atoms with E-state index in [1.54, 1.807) is 30.5 Å². The number of hydrogen-bond donors (Lipinski definition) is 0. The zero-order valence-electron chi connectivity index (χ0n) is 12.8. The molecule has 3 rings (SSSR count). The summed E-state index contributed by atoms with van der Waals surface area (Å²) < 4.78 is 2.07. The summed E-state index contributed by atoms with van der Waals surface area (Å²) in [7, 11) is 1.78. The predicted octanol–water partition coefficient (Wildman–Crippen LogP) is 3.13. The highest BCUT2D eigenvalue weighted by atomic mass is 35.5. The summed E-state index contributed by atoms with van der Waals surface area (Å²) in [6.07, 6.45) is 7.34. The van der Waals surface area contributed by atoms with Crippen LogP contribution >= 0.6 is 11.6 Å². The summed E-state index contributed by atoms with van der Waals surface area (Å²) in [5, 5.41) is 1.80. The van der Waals surface area contributed by atoms with Crippen molar-refractivity contribution in [3.8, 4) is 0 Å². The van der Waals surface area contributed by atoms with Gasteiger partial charge in [-0.2, -0.15) is 0 Å². The van der Waals surface area contributed by atoms with Gasteiger partial charge in [0.25, 0.3) is 0 Å². The van der Waals surface area contributed by atoms with Crippen molar-refractivity contribution < 1.29 is 4.79 Å². The maximum Gasteiger partial charge on any atom is 0.224 e. The molecule has 0 N–H and O–H groups in total. The fraction of sp³-hybridized carbons (Fsp3) is 0.235. The molecule has 0 fully saturated rings. The van der Waals surface area contributed by atoms with Gasteiger partial charge in [-0.15, -0.1) is 0 Å². The van der Waals surface area contributed by atoms with Gasteiger partial charge >= 0.3 is 0 Å². The van der Waals surface area contributed by atoms with Gasteiger partial charge in [0.2, 0.25) is 5.91 Å². The lowest BCUT2D eigenvalue weighted by molar-refractivity contribution is -0.130. The van der Waals surface area contributed by atoms with Gasteiger partial charge < -0.3 is 9.47 Å². The van der Waals surface area contributed by atoms with E-state index >= 15 is 0 Å². The Morgan fingerprint density at radius 2 is 2.17 bits per heavy atom. The second-order valence-electron chi connectivity index (χ2n) is 5.41. The Morgan fingerprint density at radius 3 is 2.96 bits per heavy atom. The number of rotatable bonds is 5. The molecular formula is C17H17ClN4O. The Hall–Kier alpha value is -2.40. The summed E-state index contributed by atoms with van der Waals surface area (Å²) in [4.78, 5) is 22.1. The molecular weight excluding hydrogens is 312 g/mol. The molecule has 6 heteroatoms.